The second-order valence-corrected chi connectivity index (χ2v) is 5.04. The number of hydrogen-bond acceptors (Lipinski definition) is 3. The summed E-state index contributed by atoms with van der Waals surface area (Å²) in [5.41, 5.74) is 4.21. The highest BCUT2D eigenvalue weighted by atomic mass is 19.1. The lowest BCUT2D eigenvalue weighted by atomic mass is 10.1. The van der Waals surface area contributed by atoms with Crippen LogP contribution in [0, 0.1) is 31.0 Å². The highest BCUT2D eigenvalue weighted by molar-refractivity contribution is 5.67. The first-order valence-electron chi connectivity index (χ1n) is 6.80. The van der Waals surface area contributed by atoms with Gasteiger partial charge in [0, 0.05) is 5.56 Å². The molecule has 0 aliphatic carbocycles. The van der Waals surface area contributed by atoms with Gasteiger partial charge in [-0.2, -0.15) is 5.26 Å². The zero-order chi connectivity index (χ0) is 15.7. The molecule has 4 nitrogen and oxygen atoms in total. The second kappa shape index (κ2) is 5.41. The number of benzene rings is 2. The Balaban J connectivity index is 2.29. The van der Waals surface area contributed by atoms with Crippen LogP contribution in [0.5, 0.6) is 0 Å². The van der Waals surface area contributed by atoms with Crippen molar-refractivity contribution in [3.8, 4) is 23.0 Å². The highest BCUT2D eigenvalue weighted by Gasteiger charge is 2.18. The summed E-state index contributed by atoms with van der Waals surface area (Å²) in [5.74, 6) is -0.366. The fraction of sp³-hybridized carbons (Fsp3) is 0.118. The third kappa shape index (κ3) is 2.25. The third-order valence-electron chi connectivity index (χ3n) is 3.68. The lowest BCUT2D eigenvalue weighted by molar-refractivity contribution is 0.628. The number of nitriles is 1. The van der Waals surface area contributed by atoms with Gasteiger partial charge in [0.25, 0.3) is 0 Å². The summed E-state index contributed by atoms with van der Waals surface area (Å²) in [5, 5.41) is 17.3. The SMILES string of the molecule is Cc1cccc(-n2nnc(C#N)c2-c2cccc(F)c2)c1C. The van der Waals surface area contributed by atoms with Crippen molar-refractivity contribution in [2.75, 3.05) is 0 Å². The molecule has 0 spiro atoms. The minimum atomic E-state index is -0.366. The van der Waals surface area contributed by atoms with Crippen LogP contribution in [-0.2, 0) is 0 Å². The Morgan fingerprint density at radius 2 is 1.91 bits per heavy atom. The quantitative estimate of drug-likeness (QED) is 0.725. The zero-order valence-corrected chi connectivity index (χ0v) is 12.2. The second-order valence-electron chi connectivity index (χ2n) is 5.04. The maximum absolute atomic E-state index is 13.5. The molecule has 2 aromatic carbocycles. The Hall–Kier alpha value is -3.00. The summed E-state index contributed by atoms with van der Waals surface area (Å²) >= 11 is 0. The predicted octanol–water partition coefficient (Wildman–Crippen LogP) is 3.56. The highest BCUT2D eigenvalue weighted by Crippen LogP contribution is 2.27. The standard InChI is InChI=1S/C17H13FN4/c1-11-5-3-8-16(12(11)2)22-17(15(10-19)20-21-22)13-6-4-7-14(18)9-13/h3-9H,1-2H3. The van der Waals surface area contributed by atoms with E-state index in [-0.39, 0.29) is 11.5 Å². The van der Waals surface area contributed by atoms with Crippen LogP contribution in [-0.4, -0.2) is 15.0 Å². The molecule has 0 atom stereocenters. The molecule has 22 heavy (non-hydrogen) atoms. The van der Waals surface area contributed by atoms with Gasteiger partial charge in [0.1, 0.15) is 17.6 Å². The van der Waals surface area contributed by atoms with Crippen molar-refractivity contribution in [3.63, 3.8) is 0 Å². The molecule has 1 aromatic heterocycles. The molecular formula is C17H13FN4. The molecule has 0 amide bonds. The lowest BCUT2D eigenvalue weighted by Crippen LogP contribution is -2.03. The average molecular weight is 292 g/mol. The number of halogens is 1. The molecule has 0 radical (unpaired) electrons. The monoisotopic (exact) mass is 292 g/mol. The molecule has 0 unspecified atom stereocenters. The summed E-state index contributed by atoms with van der Waals surface area (Å²) in [4.78, 5) is 0. The largest absolute Gasteiger partial charge is 0.211 e. The minimum Gasteiger partial charge on any atom is -0.211 e. The summed E-state index contributed by atoms with van der Waals surface area (Å²) in [6, 6.07) is 13.9. The van der Waals surface area contributed by atoms with Gasteiger partial charge in [-0.15, -0.1) is 5.10 Å². The first kappa shape index (κ1) is 14.0. The van der Waals surface area contributed by atoms with E-state index in [0.717, 1.165) is 16.8 Å². The number of aromatic nitrogens is 3. The molecule has 0 fully saturated rings. The van der Waals surface area contributed by atoms with Gasteiger partial charge in [0.15, 0.2) is 5.69 Å². The summed E-state index contributed by atoms with van der Waals surface area (Å²) in [6.07, 6.45) is 0. The van der Waals surface area contributed by atoms with Crippen LogP contribution < -0.4 is 0 Å². The van der Waals surface area contributed by atoms with Crippen LogP contribution in [0.2, 0.25) is 0 Å². The number of rotatable bonds is 2. The van der Waals surface area contributed by atoms with Gasteiger partial charge < -0.3 is 0 Å². The molecule has 3 rings (SSSR count). The van der Waals surface area contributed by atoms with Crippen molar-refractivity contribution in [3.05, 3.63) is 65.1 Å². The maximum Gasteiger partial charge on any atom is 0.191 e. The van der Waals surface area contributed by atoms with E-state index in [4.69, 9.17) is 0 Å². The Labute approximate surface area is 127 Å². The molecular weight excluding hydrogens is 279 g/mol. The van der Waals surface area contributed by atoms with Gasteiger partial charge >= 0.3 is 0 Å². The van der Waals surface area contributed by atoms with Crippen LogP contribution in [0.25, 0.3) is 16.9 Å². The van der Waals surface area contributed by atoms with E-state index < -0.39 is 0 Å². The molecule has 0 N–H and O–H groups in total. The van der Waals surface area contributed by atoms with Gasteiger partial charge in [-0.05, 0) is 43.2 Å². The molecule has 0 bridgehead atoms. The lowest BCUT2D eigenvalue weighted by Gasteiger charge is -2.11. The van der Waals surface area contributed by atoms with E-state index in [2.05, 4.69) is 10.3 Å². The number of hydrogen-bond donors (Lipinski definition) is 0. The minimum absolute atomic E-state index is 0.173. The molecule has 1 heterocycles. The number of aryl methyl sites for hydroxylation is 1. The molecule has 0 aliphatic rings. The van der Waals surface area contributed by atoms with E-state index in [0.29, 0.717) is 11.3 Å². The molecule has 0 aliphatic heterocycles. The van der Waals surface area contributed by atoms with Crippen molar-refractivity contribution >= 4 is 0 Å². The Morgan fingerprint density at radius 3 is 2.64 bits per heavy atom. The third-order valence-corrected chi connectivity index (χ3v) is 3.68. The first-order valence-corrected chi connectivity index (χ1v) is 6.80. The number of nitrogens with zero attached hydrogens (tertiary/aromatic N) is 4. The van der Waals surface area contributed by atoms with E-state index in [1.54, 1.807) is 16.8 Å². The van der Waals surface area contributed by atoms with Gasteiger partial charge in [0.05, 0.1) is 5.69 Å². The van der Waals surface area contributed by atoms with Crippen molar-refractivity contribution < 1.29 is 4.39 Å². The molecule has 0 saturated carbocycles. The van der Waals surface area contributed by atoms with Gasteiger partial charge in [-0.1, -0.05) is 29.5 Å². The molecule has 108 valence electrons. The summed E-state index contributed by atoms with van der Waals surface area (Å²) < 4.78 is 15.1. The van der Waals surface area contributed by atoms with E-state index in [1.165, 1.54) is 12.1 Å². The van der Waals surface area contributed by atoms with Crippen LogP contribution in [0.3, 0.4) is 0 Å². The van der Waals surface area contributed by atoms with Crippen molar-refractivity contribution in [2.45, 2.75) is 13.8 Å². The fourth-order valence-corrected chi connectivity index (χ4v) is 2.39. The average Bonchev–Trinajstić information content (AvgIpc) is 2.93. The van der Waals surface area contributed by atoms with Crippen LogP contribution in [0.4, 0.5) is 4.39 Å². The zero-order valence-electron chi connectivity index (χ0n) is 12.2. The van der Waals surface area contributed by atoms with Crippen LogP contribution >= 0.6 is 0 Å². The fourth-order valence-electron chi connectivity index (χ4n) is 2.39. The first-order chi connectivity index (χ1) is 10.6. The molecule has 5 heteroatoms. The van der Waals surface area contributed by atoms with Gasteiger partial charge in [0.2, 0.25) is 0 Å². The smallest absolute Gasteiger partial charge is 0.191 e. The molecule has 0 saturated heterocycles. The normalized spacial score (nSPS) is 10.5. The van der Waals surface area contributed by atoms with Crippen molar-refractivity contribution in [1.82, 2.24) is 15.0 Å². The maximum atomic E-state index is 13.5. The van der Waals surface area contributed by atoms with Gasteiger partial charge in [-0.3, -0.25) is 0 Å². The van der Waals surface area contributed by atoms with E-state index in [1.807, 2.05) is 38.1 Å². The van der Waals surface area contributed by atoms with Crippen LogP contribution in [0.15, 0.2) is 42.5 Å². The summed E-state index contributed by atoms with van der Waals surface area (Å²) in [7, 11) is 0. The molecule has 3 aromatic rings. The topological polar surface area (TPSA) is 54.5 Å². The van der Waals surface area contributed by atoms with E-state index in [9.17, 15) is 9.65 Å². The van der Waals surface area contributed by atoms with Crippen LogP contribution in [0.1, 0.15) is 16.8 Å². The summed E-state index contributed by atoms with van der Waals surface area (Å²) in [6.45, 7) is 3.98. The Bertz CT molecular complexity index is 890. The van der Waals surface area contributed by atoms with Crippen molar-refractivity contribution in [1.29, 1.82) is 5.26 Å². The Morgan fingerprint density at radius 1 is 1.14 bits per heavy atom. The Kier molecular flexibility index (Phi) is 3.43. The predicted molar refractivity (Wildman–Crippen MR) is 80.9 cm³/mol. The van der Waals surface area contributed by atoms with Gasteiger partial charge in [-0.25, -0.2) is 9.07 Å². The van der Waals surface area contributed by atoms with Crippen molar-refractivity contribution in [2.24, 2.45) is 0 Å². The van der Waals surface area contributed by atoms with E-state index >= 15 is 0 Å².